The molecule has 0 bridgehead atoms. The van der Waals surface area contributed by atoms with Crippen LogP contribution in [0.25, 0.3) is 5.69 Å². The maximum atomic E-state index is 9.01. The first-order valence-corrected chi connectivity index (χ1v) is 5.65. The van der Waals surface area contributed by atoms with E-state index in [0.29, 0.717) is 12.4 Å². The fraction of sp³-hybridized carbons (Fsp3) is 0.154. The summed E-state index contributed by atoms with van der Waals surface area (Å²) in [5.41, 5.74) is 1.00. The van der Waals surface area contributed by atoms with Gasteiger partial charge in [0.1, 0.15) is 11.8 Å². The summed E-state index contributed by atoms with van der Waals surface area (Å²) < 4.78 is 5.08. The SMILES string of the molecule is C=CCNc1nn(-c2ccc(OC)cc2)nc1C#N. The van der Waals surface area contributed by atoms with Crippen LogP contribution in [0.3, 0.4) is 0 Å². The lowest BCUT2D eigenvalue weighted by Gasteiger charge is -2.01. The second kappa shape index (κ2) is 5.69. The van der Waals surface area contributed by atoms with Gasteiger partial charge < -0.3 is 10.1 Å². The summed E-state index contributed by atoms with van der Waals surface area (Å²) in [6.07, 6.45) is 1.69. The molecule has 1 aromatic carbocycles. The van der Waals surface area contributed by atoms with E-state index in [4.69, 9.17) is 10.00 Å². The van der Waals surface area contributed by atoms with Crippen molar-refractivity contribution in [1.82, 2.24) is 15.0 Å². The molecule has 2 rings (SSSR count). The molecule has 0 aliphatic carbocycles. The Morgan fingerprint density at radius 1 is 1.42 bits per heavy atom. The van der Waals surface area contributed by atoms with E-state index in [2.05, 4.69) is 22.1 Å². The highest BCUT2D eigenvalue weighted by Crippen LogP contribution is 2.16. The first-order valence-electron chi connectivity index (χ1n) is 5.65. The van der Waals surface area contributed by atoms with E-state index in [0.717, 1.165) is 11.4 Å². The fourth-order valence-corrected chi connectivity index (χ4v) is 1.50. The van der Waals surface area contributed by atoms with Gasteiger partial charge >= 0.3 is 0 Å². The molecule has 6 heteroatoms. The predicted octanol–water partition coefficient (Wildman–Crippen LogP) is 1.75. The zero-order chi connectivity index (χ0) is 13.7. The third kappa shape index (κ3) is 2.72. The Balaban J connectivity index is 2.31. The Labute approximate surface area is 110 Å². The smallest absolute Gasteiger partial charge is 0.207 e. The Kier molecular flexibility index (Phi) is 3.78. The molecule has 19 heavy (non-hydrogen) atoms. The monoisotopic (exact) mass is 255 g/mol. The van der Waals surface area contributed by atoms with Crippen LogP contribution in [-0.4, -0.2) is 28.6 Å². The van der Waals surface area contributed by atoms with E-state index in [9.17, 15) is 0 Å². The lowest BCUT2D eigenvalue weighted by molar-refractivity contribution is 0.414. The Morgan fingerprint density at radius 2 is 2.16 bits per heavy atom. The molecule has 0 radical (unpaired) electrons. The zero-order valence-corrected chi connectivity index (χ0v) is 10.5. The van der Waals surface area contributed by atoms with Gasteiger partial charge in [0.2, 0.25) is 5.69 Å². The van der Waals surface area contributed by atoms with Gasteiger partial charge in [0, 0.05) is 6.54 Å². The standard InChI is InChI=1S/C13H13N5O/c1-3-8-15-13-12(9-14)16-18(17-13)10-4-6-11(19-2)7-5-10/h3-7H,1,8H2,2H3,(H,15,17). The van der Waals surface area contributed by atoms with Gasteiger partial charge in [-0.15, -0.1) is 21.6 Å². The van der Waals surface area contributed by atoms with Crippen LogP contribution in [0.4, 0.5) is 5.82 Å². The third-order valence-corrected chi connectivity index (χ3v) is 2.44. The van der Waals surface area contributed by atoms with Crippen molar-refractivity contribution in [3.05, 3.63) is 42.6 Å². The van der Waals surface area contributed by atoms with Crippen LogP contribution in [0.15, 0.2) is 36.9 Å². The van der Waals surface area contributed by atoms with Gasteiger partial charge in [-0.1, -0.05) is 6.08 Å². The quantitative estimate of drug-likeness (QED) is 0.824. The number of methoxy groups -OCH3 is 1. The molecule has 1 aromatic heterocycles. The second-order valence-electron chi connectivity index (χ2n) is 3.67. The van der Waals surface area contributed by atoms with Crippen molar-refractivity contribution in [3.63, 3.8) is 0 Å². The molecule has 0 saturated heterocycles. The van der Waals surface area contributed by atoms with Crippen LogP contribution in [-0.2, 0) is 0 Å². The summed E-state index contributed by atoms with van der Waals surface area (Å²) in [5.74, 6) is 1.19. The number of hydrogen-bond acceptors (Lipinski definition) is 5. The van der Waals surface area contributed by atoms with Gasteiger partial charge in [-0.25, -0.2) is 0 Å². The summed E-state index contributed by atoms with van der Waals surface area (Å²) in [6, 6.07) is 9.25. The topological polar surface area (TPSA) is 75.8 Å². The summed E-state index contributed by atoms with van der Waals surface area (Å²) in [6.45, 7) is 4.12. The van der Waals surface area contributed by atoms with E-state index < -0.39 is 0 Å². The maximum absolute atomic E-state index is 9.01. The van der Waals surface area contributed by atoms with Crippen molar-refractivity contribution in [2.24, 2.45) is 0 Å². The van der Waals surface area contributed by atoms with E-state index >= 15 is 0 Å². The molecule has 0 saturated carbocycles. The summed E-state index contributed by atoms with van der Waals surface area (Å²) in [7, 11) is 1.60. The normalized spacial score (nSPS) is 9.68. The fourth-order valence-electron chi connectivity index (χ4n) is 1.50. The molecular weight excluding hydrogens is 242 g/mol. The number of anilines is 1. The van der Waals surface area contributed by atoms with Crippen molar-refractivity contribution in [1.29, 1.82) is 5.26 Å². The summed E-state index contributed by atoms with van der Waals surface area (Å²) in [4.78, 5) is 1.41. The predicted molar refractivity (Wildman–Crippen MR) is 71.3 cm³/mol. The molecule has 6 nitrogen and oxygen atoms in total. The number of aromatic nitrogens is 3. The highest BCUT2D eigenvalue weighted by molar-refractivity contribution is 5.48. The molecule has 0 spiro atoms. The lowest BCUT2D eigenvalue weighted by Crippen LogP contribution is -2.01. The molecule has 0 aliphatic rings. The molecule has 96 valence electrons. The van der Waals surface area contributed by atoms with Gasteiger partial charge in [0.25, 0.3) is 0 Å². The molecule has 0 atom stereocenters. The molecule has 0 fully saturated rings. The van der Waals surface area contributed by atoms with Crippen LogP contribution < -0.4 is 10.1 Å². The average Bonchev–Trinajstić information content (AvgIpc) is 2.88. The molecule has 0 unspecified atom stereocenters. The second-order valence-corrected chi connectivity index (χ2v) is 3.67. The minimum atomic E-state index is 0.248. The Morgan fingerprint density at radius 3 is 2.74 bits per heavy atom. The Bertz CT molecular complexity index is 609. The summed E-state index contributed by atoms with van der Waals surface area (Å²) in [5, 5.41) is 20.3. The van der Waals surface area contributed by atoms with E-state index in [1.165, 1.54) is 4.80 Å². The number of nitrogens with one attached hydrogen (secondary N) is 1. The van der Waals surface area contributed by atoms with Crippen LogP contribution in [0, 0.1) is 11.3 Å². The van der Waals surface area contributed by atoms with Crippen molar-refractivity contribution >= 4 is 5.82 Å². The zero-order valence-electron chi connectivity index (χ0n) is 10.5. The lowest BCUT2D eigenvalue weighted by atomic mass is 10.3. The first kappa shape index (κ1) is 12.6. The number of hydrogen-bond donors (Lipinski definition) is 1. The number of benzene rings is 1. The largest absolute Gasteiger partial charge is 0.497 e. The highest BCUT2D eigenvalue weighted by Gasteiger charge is 2.10. The Hall–Kier alpha value is -2.81. The molecular formula is C13H13N5O. The maximum Gasteiger partial charge on any atom is 0.207 e. The number of rotatable bonds is 5. The van der Waals surface area contributed by atoms with Gasteiger partial charge in [0.15, 0.2) is 5.82 Å². The van der Waals surface area contributed by atoms with Crippen molar-refractivity contribution in [2.45, 2.75) is 0 Å². The average molecular weight is 255 g/mol. The van der Waals surface area contributed by atoms with Gasteiger partial charge in [-0.3, -0.25) is 0 Å². The number of ether oxygens (including phenoxy) is 1. The molecule has 0 aliphatic heterocycles. The van der Waals surface area contributed by atoms with Crippen LogP contribution in [0.1, 0.15) is 5.69 Å². The first-order chi connectivity index (χ1) is 9.28. The van der Waals surface area contributed by atoms with Crippen LogP contribution in [0.2, 0.25) is 0 Å². The van der Waals surface area contributed by atoms with Gasteiger partial charge in [-0.05, 0) is 24.3 Å². The molecule has 2 aromatic rings. The van der Waals surface area contributed by atoms with Crippen molar-refractivity contribution in [3.8, 4) is 17.5 Å². The number of nitrogens with zero attached hydrogens (tertiary/aromatic N) is 4. The van der Waals surface area contributed by atoms with Crippen LogP contribution >= 0.6 is 0 Å². The third-order valence-electron chi connectivity index (χ3n) is 2.44. The van der Waals surface area contributed by atoms with Gasteiger partial charge in [-0.2, -0.15) is 5.26 Å². The van der Waals surface area contributed by atoms with E-state index in [1.807, 2.05) is 30.3 Å². The van der Waals surface area contributed by atoms with E-state index in [1.54, 1.807) is 13.2 Å². The van der Waals surface area contributed by atoms with Gasteiger partial charge in [0.05, 0.1) is 12.8 Å². The van der Waals surface area contributed by atoms with Crippen molar-refractivity contribution < 1.29 is 4.74 Å². The van der Waals surface area contributed by atoms with Crippen molar-refractivity contribution in [2.75, 3.05) is 19.0 Å². The number of nitriles is 1. The van der Waals surface area contributed by atoms with E-state index in [-0.39, 0.29) is 5.69 Å². The minimum Gasteiger partial charge on any atom is -0.497 e. The molecule has 0 amide bonds. The highest BCUT2D eigenvalue weighted by atomic mass is 16.5. The summed E-state index contributed by atoms with van der Waals surface area (Å²) >= 11 is 0. The van der Waals surface area contributed by atoms with Crippen LogP contribution in [0.5, 0.6) is 5.75 Å². The molecule has 1 heterocycles. The minimum absolute atomic E-state index is 0.248. The molecule has 1 N–H and O–H groups in total.